The molecule has 0 spiro atoms. The van der Waals surface area contributed by atoms with Gasteiger partial charge in [-0.25, -0.2) is 0 Å². The summed E-state index contributed by atoms with van der Waals surface area (Å²) in [6.45, 7) is 6.43. The molecule has 0 radical (unpaired) electrons. The number of hydrogen-bond acceptors (Lipinski definition) is 3. The third kappa shape index (κ3) is 3.86. The van der Waals surface area contributed by atoms with E-state index < -0.39 is 14.4 Å². The van der Waals surface area contributed by atoms with Gasteiger partial charge in [0.2, 0.25) is 0 Å². The van der Waals surface area contributed by atoms with Gasteiger partial charge in [0.25, 0.3) is 11.8 Å². The molecule has 1 aliphatic heterocycles. The molecule has 2 unspecified atom stereocenters. The van der Waals surface area contributed by atoms with Crippen molar-refractivity contribution in [2.24, 2.45) is 0 Å². The van der Waals surface area contributed by atoms with Gasteiger partial charge in [-0.15, -0.1) is 0 Å². The molecule has 0 bridgehead atoms. The first-order valence-corrected chi connectivity index (χ1v) is 13.1. The van der Waals surface area contributed by atoms with Crippen LogP contribution in [0, 0.1) is 0 Å². The molecule has 2 amide bonds. The average Bonchev–Trinajstić information content (AvgIpc) is 2.74. The van der Waals surface area contributed by atoms with Crippen LogP contribution in [-0.4, -0.2) is 31.1 Å². The van der Waals surface area contributed by atoms with Crippen molar-refractivity contribution in [1.29, 1.82) is 0 Å². The number of imide groups is 1. The third-order valence-electron chi connectivity index (χ3n) is 5.81. The average molecular weight is 460 g/mol. The first-order chi connectivity index (χ1) is 13.5. The van der Waals surface area contributed by atoms with Gasteiger partial charge in [-0.1, -0.05) is 67.0 Å². The topological polar surface area (TPSA) is 46.6 Å². The molecule has 2 aromatic rings. The Hall–Kier alpha value is -1.76. The van der Waals surface area contributed by atoms with E-state index in [4.69, 9.17) is 4.43 Å². The van der Waals surface area contributed by atoms with Gasteiger partial charge in [0, 0.05) is 10.0 Å². The van der Waals surface area contributed by atoms with Crippen LogP contribution in [0.15, 0.2) is 59.1 Å². The predicted molar refractivity (Wildman–Crippen MR) is 117 cm³/mol. The van der Waals surface area contributed by atoms with E-state index in [9.17, 15) is 9.59 Å². The van der Waals surface area contributed by atoms with Crippen molar-refractivity contribution >= 4 is 36.1 Å². The molecule has 1 fully saturated rings. The summed E-state index contributed by atoms with van der Waals surface area (Å²) in [4.78, 5) is 27.5. The largest absolute Gasteiger partial charge is 0.403 e. The molecule has 2 aromatic carbocycles. The van der Waals surface area contributed by atoms with Crippen LogP contribution in [0.25, 0.3) is 0 Å². The zero-order valence-electron chi connectivity index (χ0n) is 16.5. The molecule has 0 aromatic heterocycles. The Kier molecular flexibility index (Phi) is 6.53. The molecule has 0 saturated carbocycles. The van der Waals surface area contributed by atoms with Gasteiger partial charge in [0.05, 0.1) is 6.04 Å². The molecular formula is C22H26BrNO3Si. The van der Waals surface area contributed by atoms with Crippen LogP contribution in [0.3, 0.4) is 0 Å². The Morgan fingerprint density at radius 3 is 2.11 bits per heavy atom. The van der Waals surface area contributed by atoms with E-state index >= 15 is 0 Å². The van der Waals surface area contributed by atoms with Gasteiger partial charge in [-0.2, -0.15) is 0 Å². The van der Waals surface area contributed by atoms with Gasteiger partial charge < -0.3 is 4.43 Å². The molecule has 28 heavy (non-hydrogen) atoms. The number of β-lactam (4-membered cyclic amide) rings is 1. The lowest BCUT2D eigenvalue weighted by Gasteiger charge is -2.48. The van der Waals surface area contributed by atoms with Crippen molar-refractivity contribution in [3.63, 3.8) is 0 Å². The third-order valence-corrected chi connectivity index (χ3v) is 11.0. The Morgan fingerprint density at radius 1 is 1.00 bits per heavy atom. The van der Waals surface area contributed by atoms with E-state index in [2.05, 4.69) is 36.7 Å². The first-order valence-electron chi connectivity index (χ1n) is 9.82. The summed E-state index contributed by atoms with van der Waals surface area (Å²) in [7, 11) is -1.98. The number of rotatable bonds is 7. The van der Waals surface area contributed by atoms with E-state index in [0.29, 0.717) is 5.56 Å². The summed E-state index contributed by atoms with van der Waals surface area (Å²) in [5.41, 5.74) is 1.43. The van der Waals surface area contributed by atoms with Crippen LogP contribution >= 0.6 is 15.9 Å². The van der Waals surface area contributed by atoms with Crippen LogP contribution in [0.2, 0.25) is 18.1 Å². The number of carbonyl (C=O) groups excluding carboxylic acids is 2. The van der Waals surface area contributed by atoms with Crippen LogP contribution in [0.5, 0.6) is 0 Å². The van der Waals surface area contributed by atoms with E-state index in [-0.39, 0.29) is 17.9 Å². The Labute approximate surface area is 176 Å². The predicted octanol–water partition coefficient (Wildman–Crippen LogP) is 5.56. The van der Waals surface area contributed by atoms with E-state index in [1.807, 2.05) is 42.5 Å². The molecule has 148 valence electrons. The van der Waals surface area contributed by atoms with Crippen LogP contribution in [-0.2, 0) is 9.22 Å². The minimum atomic E-state index is -1.98. The van der Waals surface area contributed by atoms with Crippen molar-refractivity contribution in [2.75, 3.05) is 0 Å². The van der Waals surface area contributed by atoms with Crippen LogP contribution in [0.1, 0.15) is 42.7 Å². The molecule has 2 atom stereocenters. The highest BCUT2D eigenvalue weighted by atomic mass is 79.9. The fraction of sp³-hybridized carbons (Fsp3) is 0.364. The number of hydrogen-bond donors (Lipinski definition) is 0. The second-order valence-corrected chi connectivity index (χ2v) is 12.8. The van der Waals surface area contributed by atoms with Crippen molar-refractivity contribution in [1.82, 2.24) is 4.90 Å². The fourth-order valence-corrected chi connectivity index (χ4v) is 6.81. The smallest absolute Gasteiger partial charge is 0.261 e. The fourth-order valence-electron chi connectivity index (χ4n) is 3.78. The van der Waals surface area contributed by atoms with Gasteiger partial charge in [0.15, 0.2) is 14.4 Å². The quantitative estimate of drug-likeness (QED) is 0.309. The number of carbonyl (C=O) groups is 2. The summed E-state index contributed by atoms with van der Waals surface area (Å²) < 4.78 is 7.42. The van der Waals surface area contributed by atoms with E-state index in [1.54, 1.807) is 12.1 Å². The number of amides is 2. The standard InChI is InChI=1S/C22H26BrNO3Si/c1-4-28(5-2,6-3)27-20-19(16-10-8-7-9-11-16)24(22(20)26)21(25)17-12-14-18(23)15-13-17/h7-15,19-20H,4-6H2,1-3H3. The minimum absolute atomic E-state index is 0.228. The lowest BCUT2D eigenvalue weighted by molar-refractivity contribution is -0.158. The lowest BCUT2D eigenvalue weighted by atomic mass is 9.90. The summed E-state index contributed by atoms with van der Waals surface area (Å²) in [6, 6.07) is 19.3. The molecule has 0 N–H and O–H groups in total. The lowest BCUT2D eigenvalue weighted by Crippen LogP contribution is -2.64. The second kappa shape index (κ2) is 8.72. The van der Waals surface area contributed by atoms with Gasteiger partial charge in [0.1, 0.15) is 0 Å². The highest BCUT2D eigenvalue weighted by Gasteiger charge is 2.54. The molecular weight excluding hydrogens is 434 g/mol. The highest BCUT2D eigenvalue weighted by molar-refractivity contribution is 9.10. The zero-order valence-corrected chi connectivity index (χ0v) is 19.1. The summed E-state index contributed by atoms with van der Waals surface area (Å²) in [6.07, 6.45) is -0.576. The minimum Gasteiger partial charge on any atom is -0.403 e. The first kappa shape index (κ1) is 21.0. The second-order valence-electron chi connectivity index (χ2n) is 7.16. The monoisotopic (exact) mass is 459 g/mol. The normalized spacial score (nSPS) is 19.4. The molecule has 4 nitrogen and oxygen atoms in total. The van der Waals surface area contributed by atoms with Crippen LogP contribution < -0.4 is 0 Å². The number of likely N-dealkylation sites (tertiary alicyclic amines) is 1. The molecule has 0 aliphatic carbocycles. The number of halogens is 1. The van der Waals surface area contributed by atoms with Crippen molar-refractivity contribution < 1.29 is 14.0 Å². The molecule has 1 heterocycles. The summed E-state index contributed by atoms with van der Waals surface area (Å²) >= 11 is 3.38. The van der Waals surface area contributed by atoms with Crippen molar-refractivity contribution in [3.05, 3.63) is 70.2 Å². The maximum absolute atomic E-state index is 13.1. The Balaban J connectivity index is 1.93. The highest BCUT2D eigenvalue weighted by Crippen LogP contribution is 2.41. The maximum Gasteiger partial charge on any atom is 0.261 e. The summed E-state index contributed by atoms with van der Waals surface area (Å²) in [5.74, 6) is -0.503. The van der Waals surface area contributed by atoms with Gasteiger partial charge >= 0.3 is 0 Å². The Bertz CT molecular complexity index is 828. The maximum atomic E-state index is 13.1. The number of benzene rings is 2. The molecule has 3 rings (SSSR count). The number of nitrogens with zero attached hydrogens (tertiary/aromatic N) is 1. The molecule has 1 saturated heterocycles. The molecule has 6 heteroatoms. The van der Waals surface area contributed by atoms with Crippen molar-refractivity contribution in [3.8, 4) is 0 Å². The summed E-state index contributed by atoms with van der Waals surface area (Å²) in [5, 5.41) is 0. The van der Waals surface area contributed by atoms with Crippen LogP contribution in [0.4, 0.5) is 0 Å². The zero-order chi connectivity index (χ0) is 20.3. The Morgan fingerprint density at radius 2 is 1.57 bits per heavy atom. The SMILES string of the molecule is CC[Si](CC)(CC)OC1C(=O)N(C(=O)c2ccc(Br)cc2)C1c1ccccc1. The van der Waals surface area contributed by atoms with Gasteiger partial charge in [-0.05, 0) is 48.0 Å². The van der Waals surface area contributed by atoms with E-state index in [0.717, 1.165) is 28.2 Å². The van der Waals surface area contributed by atoms with E-state index in [1.165, 1.54) is 4.90 Å². The molecule has 1 aliphatic rings. The van der Waals surface area contributed by atoms with Gasteiger partial charge in [-0.3, -0.25) is 14.5 Å². The van der Waals surface area contributed by atoms with Crippen molar-refractivity contribution in [2.45, 2.75) is 51.0 Å².